The first kappa shape index (κ1) is 14.0. The normalized spacial score (nSPS) is 17.6. The van der Waals surface area contributed by atoms with Gasteiger partial charge in [0.05, 0.1) is 11.7 Å². The minimum absolute atomic E-state index is 0.0305. The molecular weight excluding hydrogens is 256 g/mol. The molecule has 3 N–H and O–H groups in total. The minimum atomic E-state index is -0.0933. The number of nitrogens with zero attached hydrogens (tertiary/aromatic N) is 2. The molecule has 1 aliphatic rings. The standard InChI is InChI=1S/C14H18N4O2/c1-17-14(19)18-7-3-4-10(18)9-20-13-6-2-5-12(16)11(13)8-15/h2,5-6,10H,3-4,7,9,16H2,1H3,(H,17,19)/t10-/m0/s1. The van der Waals surface area contributed by atoms with E-state index in [1.54, 1.807) is 30.1 Å². The second-order valence-electron chi connectivity index (χ2n) is 4.69. The van der Waals surface area contributed by atoms with Crippen LogP contribution in [0.1, 0.15) is 18.4 Å². The molecule has 2 rings (SSSR count). The topological polar surface area (TPSA) is 91.4 Å². The summed E-state index contributed by atoms with van der Waals surface area (Å²) in [4.78, 5) is 13.5. The van der Waals surface area contributed by atoms with Crippen LogP contribution in [0.2, 0.25) is 0 Å². The molecule has 0 unspecified atom stereocenters. The third-order valence-corrected chi connectivity index (χ3v) is 3.45. The van der Waals surface area contributed by atoms with Crippen molar-refractivity contribution in [2.45, 2.75) is 18.9 Å². The van der Waals surface area contributed by atoms with E-state index in [2.05, 4.69) is 5.32 Å². The van der Waals surface area contributed by atoms with Crippen LogP contribution in [0.4, 0.5) is 10.5 Å². The predicted octanol–water partition coefficient (Wildman–Crippen LogP) is 1.32. The van der Waals surface area contributed by atoms with Crippen LogP contribution in [-0.4, -0.2) is 37.2 Å². The molecule has 1 saturated heterocycles. The quantitative estimate of drug-likeness (QED) is 0.813. The summed E-state index contributed by atoms with van der Waals surface area (Å²) in [7, 11) is 1.62. The van der Waals surface area contributed by atoms with Crippen LogP contribution in [0.5, 0.6) is 5.75 Å². The lowest BCUT2D eigenvalue weighted by Crippen LogP contribution is -2.43. The number of urea groups is 1. The number of anilines is 1. The largest absolute Gasteiger partial charge is 0.490 e. The molecule has 0 aliphatic carbocycles. The van der Waals surface area contributed by atoms with E-state index in [9.17, 15) is 4.79 Å². The van der Waals surface area contributed by atoms with Gasteiger partial charge in [0.15, 0.2) is 0 Å². The van der Waals surface area contributed by atoms with Gasteiger partial charge in [0.1, 0.15) is 24.0 Å². The van der Waals surface area contributed by atoms with Crippen molar-refractivity contribution in [3.63, 3.8) is 0 Å². The molecule has 1 fully saturated rings. The molecule has 1 aromatic carbocycles. The van der Waals surface area contributed by atoms with Crippen LogP contribution in [0.3, 0.4) is 0 Å². The van der Waals surface area contributed by atoms with Crippen molar-refractivity contribution >= 4 is 11.7 Å². The lowest BCUT2D eigenvalue weighted by atomic mass is 10.2. The molecule has 0 bridgehead atoms. The lowest BCUT2D eigenvalue weighted by molar-refractivity contribution is 0.167. The number of hydrogen-bond acceptors (Lipinski definition) is 4. The highest BCUT2D eigenvalue weighted by Gasteiger charge is 2.28. The lowest BCUT2D eigenvalue weighted by Gasteiger charge is -2.24. The molecule has 1 atom stereocenters. The van der Waals surface area contributed by atoms with E-state index in [-0.39, 0.29) is 12.1 Å². The maximum Gasteiger partial charge on any atom is 0.317 e. The highest BCUT2D eigenvalue weighted by molar-refractivity contribution is 5.74. The van der Waals surface area contributed by atoms with Crippen molar-refractivity contribution in [2.24, 2.45) is 0 Å². The third-order valence-electron chi connectivity index (χ3n) is 3.45. The number of likely N-dealkylation sites (tertiary alicyclic amines) is 1. The number of nitrogens with one attached hydrogen (secondary N) is 1. The van der Waals surface area contributed by atoms with Crippen molar-refractivity contribution < 1.29 is 9.53 Å². The zero-order chi connectivity index (χ0) is 14.5. The summed E-state index contributed by atoms with van der Waals surface area (Å²) in [5.74, 6) is 0.469. The Morgan fingerprint density at radius 2 is 2.45 bits per heavy atom. The van der Waals surface area contributed by atoms with Crippen LogP contribution in [0.15, 0.2) is 18.2 Å². The maximum absolute atomic E-state index is 11.7. The number of nitrogen functional groups attached to an aromatic ring is 1. The molecule has 1 aliphatic heterocycles. The van der Waals surface area contributed by atoms with Crippen LogP contribution in [0, 0.1) is 11.3 Å². The van der Waals surface area contributed by atoms with Gasteiger partial charge in [-0.1, -0.05) is 6.07 Å². The van der Waals surface area contributed by atoms with Gasteiger partial charge in [0.25, 0.3) is 0 Å². The van der Waals surface area contributed by atoms with Crippen molar-refractivity contribution in [3.8, 4) is 11.8 Å². The van der Waals surface area contributed by atoms with Gasteiger partial charge < -0.3 is 20.7 Å². The second kappa shape index (κ2) is 6.15. The average molecular weight is 274 g/mol. The predicted molar refractivity (Wildman–Crippen MR) is 75.2 cm³/mol. The summed E-state index contributed by atoms with van der Waals surface area (Å²) in [6, 6.07) is 7.11. The van der Waals surface area contributed by atoms with Crippen LogP contribution >= 0.6 is 0 Å². The number of rotatable bonds is 3. The Kier molecular flexibility index (Phi) is 4.31. The Labute approximate surface area is 118 Å². The third kappa shape index (κ3) is 2.77. The molecule has 6 nitrogen and oxygen atoms in total. The molecule has 20 heavy (non-hydrogen) atoms. The molecule has 106 valence electrons. The Hall–Kier alpha value is -2.42. The van der Waals surface area contributed by atoms with Gasteiger partial charge in [-0.3, -0.25) is 0 Å². The minimum Gasteiger partial charge on any atom is -0.490 e. The summed E-state index contributed by atoms with van der Waals surface area (Å²) < 4.78 is 5.69. The van der Waals surface area contributed by atoms with Gasteiger partial charge >= 0.3 is 6.03 Å². The van der Waals surface area contributed by atoms with Crippen LogP contribution in [0.25, 0.3) is 0 Å². The molecule has 0 radical (unpaired) electrons. The van der Waals surface area contributed by atoms with Gasteiger partial charge in [-0.25, -0.2) is 4.79 Å². The molecule has 0 aromatic heterocycles. The first-order valence-corrected chi connectivity index (χ1v) is 6.57. The Balaban J connectivity index is 2.04. The molecule has 0 saturated carbocycles. The molecule has 1 aromatic rings. The van der Waals surface area contributed by atoms with Gasteiger partial charge in [-0.2, -0.15) is 5.26 Å². The molecule has 0 spiro atoms. The van der Waals surface area contributed by atoms with E-state index in [1.165, 1.54) is 0 Å². The van der Waals surface area contributed by atoms with E-state index in [0.717, 1.165) is 19.4 Å². The highest BCUT2D eigenvalue weighted by atomic mass is 16.5. The van der Waals surface area contributed by atoms with Gasteiger partial charge in [-0.15, -0.1) is 0 Å². The number of carbonyl (C=O) groups is 1. The van der Waals surface area contributed by atoms with Crippen molar-refractivity contribution in [3.05, 3.63) is 23.8 Å². The fourth-order valence-corrected chi connectivity index (χ4v) is 2.39. The number of ether oxygens (including phenoxy) is 1. The summed E-state index contributed by atoms with van der Waals surface area (Å²) >= 11 is 0. The Morgan fingerprint density at radius 1 is 1.65 bits per heavy atom. The number of nitriles is 1. The van der Waals surface area contributed by atoms with Gasteiger partial charge in [-0.05, 0) is 25.0 Å². The van der Waals surface area contributed by atoms with Gasteiger partial charge in [0.2, 0.25) is 0 Å². The molecule has 2 amide bonds. The Bertz CT molecular complexity index is 538. The highest BCUT2D eigenvalue weighted by Crippen LogP contribution is 2.25. The SMILES string of the molecule is CNC(=O)N1CCC[C@H]1COc1cccc(N)c1C#N. The number of carbonyl (C=O) groups excluding carboxylic acids is 1. The summed E-state index contributed by atoms with van der Waals surface area (Å²) in [6.45, 7) is 1.10. The fraction of sp³-hybridized carbons (Fsp3) is 0.429. The zero-order valence-corrected chi connectivity index (χ0v) is 11.4. The molecule has 1 heterocycles. The number of amides is 2. The van der Waals surface area contributed by atoms with Crippen molar-refractivity contribution in [2.75, 3.05) is 25.9 Å². The average Bonchev–Trinajstić information content (AvgIpc) is 2.92. The Morgan fingerprint density at radius 3 is 3.15 bits per heavy atom. The maximum atomic E-state index is 11.7. The fourth-order valence-electron chi connectivity index (χ4n) is 2.39. The summed E-state index contributed by atoms with van der Waals surface area (Å²) in [5, 5.41) is 11.7. The van der Waals surface area contributed by atoms with E-state index in [0.29, 0.717) is 23.6 Å². The van der Waals surface area contributed by atoms with E-state index in [1.807, 2.05) is 6.07 Å². The first-order valence-electron chi connectivity index (χ1n) is 6.57. The number of benzene rings is 1. The van der Waals surface area contributed by atoms with Crippen molar-refractivity contribution in [1.82, 2.24) is 10.2 Å². The first-order chi connectivity index (χ1) is 9.67. The summed E-state index contributed by atoms with van der Waals surface area (Å²) in [6.07, 6.45) is 1.86. The van der Waals surface area contributed by atoms with Crippen molar-refractivity contribution in [1.29, 1.82) is 5.26 Å². The van der Waals surface area contributed by atoms with E-state index < -0.39 is 0 Å². The van der Waals surface area contributed by atoms with Crippen LogP contribution < -0.4 is 15.8 Å². The summed E-state index contributed by atoms with van der Waals surface area (Å²) in [5.41, 5.74) is 6.48. The second-order valence-corrected chi connectivity index (χ2v) is 4.69. The van der Waals surface area contributed by atoms with Crippen LogP contribution in [-0.2, 0) is 0 Å². The molecule has 6 heteroatoms. The number of hydrogen-bond donors (Lipinski definition) is 2. The van der Waals surface area contributed by atoms with E-state index >= 15 is 0 Å². The van der Waals surface area contributed by atoms with E-state index in [4.69, 9.17) is 15.7 Å². The number of nitrogens with two attached hydrogens (primary N) is 1. The smallest absolute Gasteiger partial charge is 0.317 e. The molecular formula is C14H18N4O2. The zero-order valence-electron chi connectivity index (χ0n) is 11.4. The monoisotopic (exact) mass is 274 g/mol. The van der Waals surface area contributed by atoms with Gasteiger partial charge in [0, 0.05) is 13.6 Å².